The number of aliphatic carboxylic acids is 1. The minimum Gasteiger partial charge on any atom is -0.493 e. The summed E-state index contributed by atoms with van der Waals surface area (Å²) >= 11 is 5.82. The van der Waals surface area contributed by atoms with Crippen LogP contribution >= 0.6 is 11.6 Å². The molecule has 0 saturated carbocycles. The Morgan fingerprint density at radius 2 is 2.11 bits per heavy atom. The number of carboxylic acids is 1. The summed E-state index contributed by atoms with van der Waals surface area (Å²) in [5.74, 6) is -1.14. The number of carboxylic acid groups (broad SMARTS) is 1. The van der Waals surface area contributed by atoms with Crippen LogP contribution in [0.15, 0.2) is 18.2 Å². The topological polar surface area (TPSA) is 66.8 Å². The Hall–Kier alpha value is -1.75. The number of hydrogen-bond donors (Lipinski definition) is 1. The number of amides is 1. The second-order valence-corrected chi connectivity index (χ2v) is 4.06. The second kappa shape index (κ2) is 6.26. The van der Waals surface area contributed by atoms with Gasteiger partial charge < -0.3 is 14.7 Å². The number of hydrogen-bond acceptors (Lipinski definition) is 3. The molecular formula is C12H14ClNO4. The number of ether oxygens (including phenoxy) is 1. The minimum absolute atomic E-state index is 0.296. The lowest BCUT2D eigenvalue weighted by Gasteiger charge is -2.17. The third-order valence-electron chi connectivity index (χ3n) is 2.19. The predicted octanol–water partition coefficient (Wildman–Crippen LogP) is 1.90. The van der Waals surface area contributed by atoms with Gasteiger partial charge in [-0.3, -0.25) is 9.59 Å². The third kappa shape index (κ3) is 3.63. The average molecular weight is 272 g/mol. The maximum Gasteiger partial charge on any atom is 0.323 e. The maximum atomic E-state index is 12.0. The second-order valence-electron chi connectivity index (χ2n) is 3.63. The molecule has 0 aliphatic heterocycles. The van der Waals surface area contributed by atoms with Gasteiger partial charge in [0.25, 0.3) is 5.91 Å². The Morgan fingerprint density at radius 1 is 1.44 bits per heavy atom. The van der Waals surface area contributed by atoms with Gasteiger partial charge in [0.05, 0.1) is 12.2 Å². The zero-order valence-corrected chi connectivity index (χ0v) is 10.9. The molecule has 0 atom stereocenters. The van der Waals surface area contributed by atoms with Gasteiger partial charge in [-0.1, -0.05) is 11.6 Å². The highest BCUT2D eigenvalue weighted by molar-refractivity contribution is 6.30. The summed E-state index contributed by atoms with van der Waals surface area (Å²) in [4.78, 5) is 23.7. The van der Waals surface area contributed by atoms with E-state index in [9.17, 15) is 9.59 Å². The summed E-state index contributed by atoms with van der Waals surface area (Å²) < 4.78 is 5.31. The SMILES string of the molecule is CCOc1cc(Cl)ccc1C(=O)N(C)CC(=O)O. The molecule has 0 heterocycles. The van der Waals surface area contributed by atoms with Crippen LogP contribution in [-0.4, -0.2) is 42.1 Å². The van der Waals surface area contributed by atoms with E-state index in [4.69, 9.17) is 21.4 Å². The Labute approximate surface area is 110 Å². The third-order valence-corrected chi connectivity index (χ3v) is 2.43. The molecule has 1 amide bonds. The van der Waals surface area contributed by atoms with E-state index in [-0.39, 0.29) is 6.54 Å². The van der Waals surface area contributed by atoms with Crippen LogP contribution in [0.5, 0.6) is 5.75 Å². The van der Waals surface area contributed by atoms with E-state index in [2.05, 4.69) is 0 Å². The van der Waals surface area contributed by atoms with Crippen LogP contribution in [0.25, 0.3) is 0 Å². The zero-order valence-electron chi connectivity index (χ0n) is 10.1. The number of halogens is 1. The number of carbonyl (C=O) groups is 2. The molecule has 0 aromatic heterocycles. The van der Waals surface area contributed by atoms with Crippen LogP contribution in [0.4, 0.5) is 0 Å². The lowest BCUT2D eigenvalue weighted by molar-refractivity contribution is -0.137. The van der Waals surface area contributed by atoms with E-state index in [0.29, 0.717) is 22.9 Å². The largest absolute Gasteiger partial charge is 0.493 e. The standard InChI is InChI=1S/C12H14ClNO4/c1-3-18-10-6-8(13)4-5-9(10)12(17)14(2)7-11(15)16/h4-6H,3,7H2,1-2H3,(H,15,16). The quantitative estimate of drug-likeness (QED) is 0.888. The number of benzene rings is 1. The highest BCUT2D eigenvalue weighted by Gasteiger charge is 2.18. The first-order chi connectivity index (χ1) is 8.45. The van der Waals surface area contributed by atoms with Gasteiger partial charge in [-0.05, 0) is 25.1 Å². The fourth-order valence-corrected chi connectivity index (χ4v) is 1.59. The highest BCUT2D eigenvalue weighted by Crippen LogP contribution is 2.24. The fourth-order valence-electron chi connectivity index (χ4n) is 1.43. The molecule has 1 N–H and O–H groups in total. The molecule has 0 aliphatic carbocycles. The molecule has 0 radical (unpaired) electrons. The van der Waals surface area contributed by atoms with Crippen LogP contribution in [-0.2, 0) is 4.79 Å². The van der Waals surface area contributed by atoms with Gasteiger partial charge in [0.1, 0.15) is 12.3 Å². The molecule has 6 heteroatoms. The van der Waals surface area contributed by atoms with Crippen molar-refractivity contribution in [3.05, 3.63) is 28.8 Å². The van der Waals surface area contributed by atoms with E-state index in [1.165, 1.54) is 19.2 Å². The Kier molecular flexibility index (Phi) is 4.97. The zero-order chi connectivity index (χ0) is 13.7. The molecule has 0 bridgehead atoms. The predicted molar refractivity (Wildman–Crippen MR) is 67.2 cm³/mol. The van der Waals surface area contributed by atoms with Crippen molar-refractivity contribution in [1.82, 2.24) is 4.90 Å². The highest BCUT2D eigenvalue weighted by atomic mass is 35.5. The monoisotopic (exact) mass is 271 g/mol. The van der Waals surface area contributed by atoms with E-state index in [0.717, 1.165) is 4.90 Å². The summed E-state index contributed by atoms with van der Waals surface area (Å²) in [6, 6.07) is 4.62. The van der Waals surface area contributed by atoms with Crippen LogP contribution in [0.1, 0.15) is 17.3 Å². The molecular weight excluding hydrogens is 258 g/mol. The van der Waals surface area contributed by atoms with Crippen molar-refractivity contribution in [1.29, 1.82) is 0 Å². The van der Waals surface area contributed by atoms with Gasteiger partial charge >= 0.3 is 5.97 Å². The first-order valence-corrected chi connectivity index (χ1v) is 5.73. The lowest BCUT2D eigenvalue weighted by atomic mass is 10.1. The van der Waals surface area contributed by atoms with E-state index >= 15 is 0 Å². The fraction of sp³-hybridized carbons (Fsp3) is 0.333. The Balaban J connectivity index is 3.00. The molecule has 0 saturated heterocycles. The number of carbonyl (C=O) groups excluding carboxylic acids is 1. The summed E-state index contributed by atoms with van der Waals surface area (Å²) in [7, 11) is 1.42. The summed E-state index contributed by atoms with van der Waals surface area (Å²) in [5, 5.41) is 9.10. The molecule has 0 fully saturated rings. The Bertz CT molecular complexity index is 461. The summed E-state index contributed by atoms with van der Waals surface area (Å²) in [5.41, 5.74) is 0.296. The normalized spacial score (nSPS) is 9.94. The van der Waals surface area contributed by atoms with E-state index < -0.39 is 11.9 Å². The van der Waals surface area contributed by atoms with Crippen molar-refractivity contribution in [2.75, 3.05) is 20.2 Å². The van der Waals surface area contributed by atoms with Gasteiger partial charge in [-0.2, -0.15) is 0 Å². The Morgan fingerprint density at radius 3 is 2.67 bits per heavy atom. The van der Waals surface area contributed by atoms with Gasteiger partial charge in [0, 0.05) is 12.1 Å². The maximum absolute atomic E-state index is 12.0. The van der Waals surface area contributed by atoms with E-state index in [1.54, 1.807) is 13.0 Å². The molecule has 1 rings (SSSR count). The van der Waals surface area contributed by atoms with E-state index in [1.807, 2.05) is 0 Å². The summed E-state index contributed by atoms with van der Waals surface area (Å²) in [6.45, 7) is 1.81. The van der Waals surface area contributed by atoms with Gasteiger partial charge in [-0.25, -0.2) is 0 Å². The van der Waals surface area contributed by atoms with Gasteiger partial charge in [0.2, 0.25) is 0 Å². The molecule has 0 spiro atoms. The van der Waals surface area contributed by atoms with Crippen molar-refractivity contribution >= 4 is 23.5 Å². The molecule has 1 aromatic carbocycles. The van der Waals surface area contributed by atoms with Crippen LogP contribution in [0.2, 0.25) is 5.02 Å². The first-order valence-electron chi connectivity index (χ1n) is 5.35. The molecule has 0 aliphatic rings. The lowest BCUT2D eigenvalue weighted by Crippen LogP contribution is -2.32. The van der Waals surface area contributed by atoms with Crippen LogP contribution in [0.3, 0.4) is 0 Å². The molecule has 5 nitrogen and oxygen atoms in total. The first kappa shape index (κ1) is 14.3. The van der Waals surface area contributed by atoms with Crippen molar-refractivity contribution in [3.8, 4) is 5.75 Å². The number of likely N-dealkylation sites (N-methyl/N-ethyl adjacent to an activating group) is 1. The van der Waals surface area contributed by atoms with Crippen molar-refractivity contribution < 1.29 is 19.4 Å². The molecule has 18 heavy (non-hydrogen) atoms. The van der Waals surface area contributed by atoms with Gasteiger partial charge in [-0.15, -0.1) is 0 Å². The van der Waals surface area contributed by atoms with Crippen molar-refractivity contribution in [2.24, 2.45) is 0 Å². The minimum atomic E-state index is -1.07. The molecule has 98 valence electrons. The number of rotatable bonds is 5. The molecule has 0 unspecified atom stereocenters. The average Bonchev–Trinajstić information content (AvgIpc) is 2.28. The summed E-state index contributed by atoms with van der Waals surface area (Å²) in [6.07, 6.45) is 0. The number of nitrogens with zero attached hydrogens (tertiary/aromatic N) is 1. The van der Waals surface area contributed by atoms with Crippen molar-refractivity contribution in [2.45, 2.75) is 6.92 Å². The van der Waals surface area contributed by atoms with Crippen LogP contribution < -0.4 is 4.74 Å². The van der Waals surface area contributed by atoms with Crippen LogP contribution in [0, 0.1) is 0 Å². The van der Waals surface area contributed by atoms with Crippen molar-refractivity contribution in [3.63, 3.8) is 0 Å². The van der Waals surface area contributed by atoms with Gasteiger partial charge in [0.15, 0.2) is 0 Å². The smallest absolute Gasteiger partial charge is 0.323 e. The molecule has 1 aromatic rings.